The van der Waals surface area contributed by atoms with Crippen molar-refractivity contribution in [1.29, 1.82) is 0 Å². The Labute approximate surface area is 155 Å². The molecule has 7 nitrogen and oxygen atoms in total. The number of unbranched alkanes of at least 4 members (excludes halogenated alkanes) is 1. The zero-order valence-electron chi connectivity index (χ0n) is 14.6. The number of para-hydroxylation sites is 1. The Morgan fingerprint density at radius 3 is 2.44 bits per heavy atom. The normalized spacial score (nSPS) is 12.9. The molecule has 0 radical (unpaired) electrons. The summed E-state index contributed by atoms with van der Waals surface area (Å²) in [4.78, 5) is 49.9. The van der Waals surface area contributed by atoms with Crippen molar-refractivity contribution in [2.75, 3.05) is 11.5 Å². The van der Waals surface area contributed by atoms with Gasteiger partial charge in [-0.2, -0.15) is 0 Å². The van der Waals surface area contributed by atoms with Crippen LogP contribution in [0.2, 0.25) is 0 Å². The van der Waals surface area contributed by atoms with Crippen molar-refractivity contribution in [3.63, 3.8) is 0 Å². The first-order chi connectivity index (χ1) is 13.0. The SMILES string of the molecule is CCCCOC(=O)c1ccccc1N1C(=O)c2ccc(C(=O)O)cc2C1=O. The van der Waals surface area contributed by atoms with Crippen molar-refractivity contribution < 1.29 is 29.0 Å². The van der Waals surface area contributed by atoms with Crippen LogP contribution >= 0.6 is 0 Å². The molecule has 1 aliphatic rings. The predicted octanol–water partition coefficient (Wildman–Crippen LogP) is 3.14. The number of rotatable bonds is 6. The van der Waals surface area contributed by atoms with Crippen molar-refractivity contribution >= 4 is 29.4 Å². The maximum Gasteiger partial charge on any atom is 0.340 e. The molecule has 0 atom stereocenters. The van der Waals surface area contributed by atoms with Gasteiger partial charge in [-0.1, -0.05) is 25.5 Å². The van der Waals surface area contributed by atoms with E-state index in [1.54, 1.807) is 12.1 Å². The van der Waals surface area contributed by atoms with E-state index in [4.69, 9.17) is 9.84 Å². The number of esters is 1. The monoisotopic (exact) mass is 367 g/mol. The van der Waals surface area contributed by atoms with Gasteiger partial charge in [0.05, 0.1) is 34.5 Å². The number of imide groups is 1. The van der Waals surface area contributed by atoms with Gasteiger partial charge in [0, 0.05) is 0 Å². The van der Waals surface area contributed by atoms with Gasteiger partial charge in [-0.15, -0.1) is 0 Å². The number of hydrogen-bond donors (Lipinski definition) is 1. The molecular formula is C20H17NO6. The van der Waals surface area contributed by atoms with E-state index in [0.29, 0.717) is 6.42 Å². The number of carboxylic acids is 1. The summed E-state index contributed by atoms with van der Waals surface area (Å²) in [6, 6.07) is 9.92. The number of carbonyl (C=O) groups excluding carboxylic acids is 3. The first-order valence-corrected chi connectivity index (χ1v) is 8.48. The highest BCUT2D eigenvalue weighted by atomic mass is 16.5. The van der Waals surface area contributed by atoms with Crippen LogP contribution in [0.25, 0.3) is 0 Å². The topological polar surface area (TPSA) is 101 Å². The van der Waals surface area contributed by atoms with E-state index in [-0.39, 0.29) is 34.5 Å². The van der Waals surface area contributed by atoms with Crippen LogP contribution in [-0.4, -0.2) is 35.5 Å². The highest BCUT2D eigenvalue weighted by Gasteiger charge is 2.39. The molecular weight excluding hydrogens is 350 g/mol. The molecule has 1 aliphatic heterocycles. The quantitative estimate of drug-likeness (QED) is 0.478. The van der Waals surface area contributed by atoms with Gasteiger partial charge in [0.2, 0.25) is 0 Å². The Bertz CT molecular complexity index is 949. The lowest BCUT2D eigenvalue weighted by molar-refractivity contribution is 0.0500. The molecule has 27 heavy (non-hydrogen) atoms. The number of benzene rings is 2. The summed E-state index contributed by atoms with van der Waals surface area (Å²) in [5, 5.41) is 9.10. The van der Waals surface area contributed by atoms with Gasteiger partial charge >= 0.3 is 11.9 Å². The van der Waals surface area contributed by atoms with Crippen LogP contribution < -0.4 is 4.90 Å². The average molecular weight is 367 g/mol. The maximum absolute atomic E-state index is 12.8. The van der Waals surface area contributed by atoms with E-state index in [1.165, 1.54) is 30.3 Å². The Morgan fingerprint density at radius 2 is 1.74 bits per heavy atom. The minimum atomic E-state index is -1.20. The zero-order chi connectivity index (χ0) is 19.6. The van der Waals surface area contributed by atoms with Gasteiger partial charge in [0.1, 0.15) is 0 Å². The number of ether oxygens (including phenoxy) is 1. The fourth-order valence-corrected chi connectivity index (χ4v) is 2.82. The summed E-state index contributed by atoms with van der Waals surface area (Å²) in [5.41, 5.74) is 0.209. The molecule has 138 valence electrons. The number of amides is 2. The fraction of sp³-hybridized carbons (Fsp3) is 0.200. The maximum atomic E-state index is 12.8. The molecule has 0 saturated heterocycles. The fourth-order valence-electron chi connectivity index (χ4n) is 2.82. The van der Waals surface area contributed by atoms with Gasteiger partial charge in [0.25, 0.3) is 11.8 Å². The number of aromatic carboxylic acids is 1. The minimum absolute atomic E-state index is 0.00551. The number of nitrogens with zero attached hydrogens (tertiary/aromatic N) is 1. The van der Waals surface area contributed by atoms with E-state index in [2.05, 4.69) is 0 Å². The second-order valence-electron chi connectivity index (χ2n) is 6.02. The summed E-state index contributed by atoms with van der Waals surface area (Å²) in [6.45, 7) is 2.21. The molecule has 2 aromatic rings. The first kappa shape index (κ1) is 18.3. The lowest BCUT2D eigenvalue weighted by atomic mass is 10.1. The number of hydrogen-bond acceptors (Lipinski definition) is 5. The number of anilines is 1. The molecule has 2 aromatic carbocycles. The average Bonchev–Trinajstić information content (AvgIpc) is 2.92. The van der Waals surface area contributed by atoms with Crippen molar-refractivity contribution in [1.82, 2.24) is 0 Å². The summed E-state index contributed by atoms with van der Waals surface area (Å²) in [7, 11) is 0. The van der Waals surface area contributed by atoms with E-state index in [0.717, 1.165) is 11.3 Å². The van der Waals surface area contributed by atoms with Crippen molar-refractivity contribution in [2.45, 2.75) is 19.8 Å². The van der Waals surface area contributed by atoms with Crippen LogP contribution in [0.3, 0.4) is 0 Å². The Kier molecular flexibility index (Phi) is 5.03. The number of carbonyl (C=O) groups is 4. The van der Waals surface area contributed by atoms with Gasteiger partial charge in [-0.05, 0) is 36.8 Å². The summed E-state index contributed by atoms with van der Waals surface area (Å²) < 4.78 is 5.20. The second kappa shape index (κ2) is 7.41. The first-order valence-electron chi connectivity index (χ1n) is 8.48. The van der Waals surface area contributed by atoms with Gasteiger partial charge in [-0.25, -0.2) is 14.5 Å². The third-order valence-electron chi connectivity index (χ3n) is 4.23. The zero-order valence-corrected chi connectivity index (χ0v) is 14.6. The molecule has 7 heteroatoms. The molecule has 0 unspecified atom stereocenters. The number of carboxylic acid groups (broad SMARTS) is 1. The van der Waals surface area contributed by atoms with Crippen LogP contribution in [0.5, 0.6) is 0 Å². The largest absolute Gasteiger partial charge is 0.478 e. The third kappa shape index (κ3) is 3.31. The smallest absolute Gasteiger partial charge is 0.340 e. The third-order valence-corrected chi connectivity index (χ3v) is 4.23. The molecule has 1 N–H and O–H groups in total. The van der Waals surface area contributed by atoms with Crippen LogP contribution in [0.15, 0.2) is 42.5 Å². The molecule has 3 rings (SSSR count). The molecule has 0 aromatic heterocycles. The number of fused-ring (bicyclic) bond motifs is 1. The van der Waals surface area contributed by atoms with Crippen LogP contribution in [0.1, 0.15) is 61.2 Å². The van der Waals surface area contributed by atoms with Crippen molar-refractivity contribution in [2.24, 2.45) is 0 Å². The predicted molar refractivity (Wildman–Crippen MR) is 96.2 cm³/mol. The lowest BCUT2D eigenvalue weighted by Gasteiger charge is -2.17. The highest BCUT2D eigenvalue weighted by molar-refractivity contribution is 6.35. The van der Waals surface area contributed by atoms with Crippen molar-refractivity contribution in [3.05, 3.63) is 64.7 Å². The second-order valence-corrected chi connectivity index (χ2v) is 6.02. The van der Waals surface area contributed by atoms with Crippen LogP contribution in [0.4, 0.5) is 5.69 Å². The standard InChI is InChI=1S/C20H17NO6/c1-2-3-10-27-20(26)14-6-4-5-7-16(14)21-17(22)13-9-8-12(19(24)25)11-15(13)18(21)23/h4-9,11H,2-3,10H2,1H3,(H,24,25). The van der Waals surface area contributed by atoms with E-state index in [9.17, 15) is 19.2 Å². The molecule has 0 bridgehead atoms. The van der Waals surface area contributed by atoms with Gasteiger partial charge in [-0.3, -0.25) is 9.59 Å². The summed E-state index contributed by atoms with van der Waals surface area (Å²) in [6.07, 6.45) is 1.57. The van der Waals surface area contributed by atoms with Gasteiger partial charge < -0.3 is 9.84 Å². The molecule has 0 aliphatic carbocycles. The van der Waals surface area contributed by atoms with Gasteiger partial charge in [0.15, 0.2) is 0 Å². The van der Waals surface area contributed by atoms with E-state index >= 15 is 0 Å². The highest BCUT2D eigenvalue weighted by Crippen LogP contribution is 2.31. The molecule has 0 saturated carbocycles. The van der Waals surface area contributed by atoms with E-state index in [1.807, 2.05) is 6.92 Å². The van der Waals surface area contributed by atoms with E-state index < -0.39 is 23.8 Å². The Hall–Kier alpha value is -3.48. The molecule has 0 spiro atoms. The lowest BCUT2D eigenvalue weighted by Crippen LogP contribution is -2.31. The minimum Gasteiger partial charge on any atom is -0.478 e. The summed E-state index contributed by atoms with van der Waals surface area (Å²) in [5.74, 6) is -3.11. The summed E-state index contributed by atoms with van der Waals surface area (Å²) >= 11 is 0. The molecule has 2 amide bonds. The van der Waals surface area contributed by atoms with Crippen molar-refractivity contribution in [3.8, 4) is 0 Å². The molecule has 1 heterocycles. The Balaban J connectivity index is 1.98. The Morgan fingerprint density at radius 1 is 1.04 bits per heavy atom. The van der Waals surface area contributed by atoms with Crippen LogP contribution in [0, 0.1) is 0 Å². The molecule has 0 fully saturated rings. The van der Waals surface area contributed by atoms with Crippen LogP contribution in [-0.2, 0) is 4.74 Å².